The molecule has 4 nitrogen and oxygen atoms in total. The van der Waals surface area contributed by atoms with Gasteiger partial charge in [-0.25, -0.2) is 0 Å². The van der Waals surface area contributed by atoms with Gasteiger partial charge in [0.2, 0.25) is 0 Å². The second-order valence-electron chi connectivity index (χ2n) is 4.40. The fourth-order valence-electron chi connectivity index (χ4n) is 2.29. The summed E-state index contributed by atoms with van der Waals surface area (Å²) in [6.07, 6.45) is 1.53. The van der Waals surface area contributed by atoms with E-state index >= 15 is 0 Å². The van der Waals surface area contributed by atoms with Gasteiger partial charge in [-0.05, 0) is 18.6 Å². The average Bonchev–Trinajstić information content (AvgIpc) is 2.76. The molecule has 4 heteroatoms. The molecule has 3 rings (SSSR count). The summed E-state index contributed by atoms with van der Waals surface area (Å²) in [7, 11) is 0. The fraction of sp³-hybridized carbons (Fsp3) is 0.538. The van der Waals surface area contributed by atoms with E-state index in [2.05, 4.69) is 12.2 Å². The van der Waals surface area contributed by atoms with Crippen LogP contribution in [0.1, 0.15) is 19.8 Å². The smallest absolute Gasteiger partial charge is 0.258 e. The highest BCUT2D eigenvalue weighted by atomic mass is 16.7. The molecule has 0 unspecified atom stereocenters. The molecular formula is C13H17NO3. The van der Waals surface area contributed by atoms with Crippen LogP contribution in [0.25, 0.3) is 0 Å². The number of benzene rings is 1. The number of anilines is 1. The molecule has 0 radical (unpaired) electrons. The van der Waals surface area contributed by atoms with Crippen LogP contribution in [0.5, 0.6) is 5.75 Å². The maximum atomic E-state index is 6.04. The van der Waals surface area contributed by atoms with Crippen molar-refractivity contribution in [3.63, 3.8) is 0 Å². The third-order valence-corrected chi connectivity index (χ3v) is 3.14. The molecule has 0 aliphatic carbocycles. The highest BCUT2D eigenvalue weighted by Gasteiger charge is 2.51. The first-order valence-electron chi connectivity index (χ1n) is 6.14. The Morgan fingerprint density at radius 3 is 3.24 bits per heavy atom. The Morgan fingerprint density at radius 1 is 1.47 bits per heavy atom. The second-order valence-corrected chi connectivity index (χ2v) is 4.40. The summed E-state index contributed by atoms with van der Waals surface area (Å²) in [5.74, 6) is 0.190. The Bertz CT molecular complexity index is 409. The minimum Gasteiger partial charge on any atom is -0.455 e. The topological polar surface area (TPSA) is 39.7 Å². The SMILES string of the molecule is CCCO[C@@]12CCO[C@@H]1Nc1ccccc1O2. The van der Waals surface area contributed by atoms with E-state index in [4.69, 9.17) is 14.2 Å². The van der Waals surface area contributed by atoms with Gasteiger partial charge in [0.15, 0.2) is 6.23 Å². The predicted octanol–water partition coefficient (Wildman–Crippen LogP) is 2.36. The van der Waals surface area contributed by atoms with Crippen molar-refractivity contribution in [1.29, 1.82) is 0 Å². The molecule has 2 heterocycles. The number of ether oxygens (including phenoxy) is 3. The van der Waals surface area contributed by atoms with Gasteiger partial charge in [0, 0.05) is 6.42 Å². The number of rotatable bonds is 3. The van der Waals surface area contributed by atoms with Gasteiger partial charge in [-0.2, -0.15) is 0 Å². The summed E-state index contributed by atoms with van der Waals surface area (Å²) in [6, 6.07) is 7.88. The largest absolute Gasteiger partial charge is 0.455 e. The van der Waals surface area contributed by atoms with Crippen LogP contribution < -0.4 is 10.1 Å². The van der Waals surface area contributed by atoms with Crippen molar-refractivity contribution < 1.29 is 14.2 Å². The normalized spacial score (nSPS) is 30.1. The Kier molecular flexibility index (Phi) is 2.68. The molecule has 2 aliphatic heterocycles. The number of hydrogen-bond acceptors (Lipinski definition) is 4. The van der Waals surface area contributed by atoms with Crippen LogP contribution in [-0.2, 0) is 9.47 Å². The van der Waals surface area contributed by atoms with E-state index in [1.807, 2.05) is 24.3 Å². The number of fused-ring (bicyclic) bond motifs is 2. The summed E-state index contributed by atoms with van der Waals surface area (Å²) < 4.78 is 17.6. The van der Waals surface area contributed by atoms with Crippen LogP contribution in [0.3, 0.4) is 0 Å². The van der Waals surface area contributed by atoms with Crippen molar-refractivity contribution >= 4 is 5.69 Å². The molecule has 1 fully saturated rings. The highest BCUT2D eigenvalue weighted by Crippen LogP contribution is 2.41. The zero-order chi connectivity index (χ0) is 11.7. The van der Waals surface area contributed by atoms with Gasteiger partial charge in [0.25, 0.3) is 5.79 Å². The van der Waals surface area contributed by atoms with Crippen LogP contribution in [0, 0.1) is 0 Å². The van der Waals surface area contributed by atoms with Gasteiger partial charge in [-0.15, -0.1) is 0 Å². The molecule has 0 aromatic heterocycles. The van der Waals surface area contributed by atoms with E-state index in [1.165, 1.54) is 0 Å². The molecule has 0 spiro atoms. The fourth-order valence-corrected chi connectivity index (χ4v) is 2.29. The van der Waals surface area contributed by atoms with Crippen molar-refractivity contribution in [3.8, 4) is 5.75 Å². The van der Waals surface area contributed by atoms with Gasteiger partial charge in [-0.1, -0.05) is 19.1 Å². The van der Waals surface area contributed by atoms with E-state index in [1.54, 1.807) is 0 Å². The Labute approximate surface area is 101 Å². The van der Waals surface area contributed by atoms with Gasteiger partial charge in [0.05, 0.1) is 18.9 Å². The Morgan fingerprint density at radius 2 is 2.35 bits per heavy atom. The lowest BCUT2D eigenvalue weighted by atomic mass is 10.1. The standard InChI is InChI=1S/C13H17NO3/c1-2-8-16-13-7-9-15-12(13)14-10-5-3-4-6-11(10)17-13/h3-6,12,14H,2,7-9H2,1H3/t12-,13+/m0/s1. The molecular weight excluding hydrogens is 218 g/mol. The molecule has 2 aliphatic rings. The average molecular weight is 235 g/mol. The minimum absolute atomic E-state index is 0.205. The third-order valence-electron chi connectivity index (χ3n) is 3.14. The number of nitrogens with one attached hydrogen (secondary N) is 1. The third kappa shape index (κ3) is 1.77. The van der Waals surface area contributed by atoms with Gasteiger partial charge < -0.3 is 19.5 Å². The molecule has 0 saturated carbocycles. The van der Waals surface area contributed by atoms with Crippen molar-refractivity contribution in [2.75, 3.05) is 18.5 Å². The minimum atomic E-state index is -0.648. The van der Waals surface area contributed by atoms with Crippen molar-refractivity contribution in [3.05, 3.63) is 24.3 Å². The number of hydrogen-bond donors (Lipinski definition) is 1. The zero-order valence-electron chi connectivity index (χ0n) is 9.94. The first-order valence-corrected chi connectivity index (χ1v) is 6.14. The lowest BCUT2D eigenvalue weighted by Crippen LogP contribution is -2.53. The maximum Gasteiger partial charge on any atom is 0.258 e. The van der Waals surface area contributed by atoms with Crippen LogP contribution in [0.15, 0.2) is 24.3 Å². The summed E-state index contributed by atoms with van der Waals surface area (Å²) in [5, 5.41) is 3.34. The first-order chi connectivity index (χ1) is 8.34. The molecule has 1 saturated heterocycles. The Balaban J connectivity index is 1.88. The number of para-hydroxylation sites is 2. The quantitative estimate of drug-likeness (QED) is 0.873. The molecule has 0 bridgehead atoms. The summed E-state index contributed by atoms with van der Waals surface area (Å²) >= 11 is 0. The zero-order valence-corrected chi connectivity index (χ0v) is 9.94. The highest BCUT2D eigenvalue weighted by molar-refractivity contribution is 5.58. The van der Waals surface area contributed by atoms with E-state index in [9.17, 15) is 0 Å². The van der Waals surface area contributed by atoms with Crippen molar-refractivity contribution in [2.45, 2.75) is 31.8 Å². The predicted molar refractivity (Wildman–Crippen MR) is 64.0 cm³/mol. The summed E-state index contributed by atoms with van der Waals surface area (Å²) in [5.41, 5.74) is 0.968. The van der Waals surface area contributed by atoms with Gasteiger partial charge in [-0.3, -0.25) is 0 Å². The molecule has 2 atom stereocenters. The monoisotopic (exact) mass is 235 g/mol. The molecule has 0 amide bonds. The maximum absolute atomic E-state index is 6.04. The van der Waals surface area contributed by atoms with Crippen LogP contribution in [-0.4, -0.2) is 25.2 Å². The van der Waals surface area contributed by atoms with Crippen LogP contribution >= 0.6 is 0 Å². The van der Waals surface area contributed by atoms with Crippen LogP contribution in [0.2, 0.25) is 0 Å². The van der Waals surface area contributed by atoms with E-state index in [-0.39, 0.29) is 6.23 Å². The van der Waals surface area contributed by atoms with Gasteiger partial charge >= 0.3 is 0 Å². The van der Waals surface area contributed by atoms with E-state index in [0.717, 1.165) is 24.3 Å². The van der Waals surface area contributed by atoms with Gasteiger partial charge in [0.1, 0.15) is 5.75 Å². The molecule has 1 aromatic rings. The molecule has 1 aromatic carbocycles. The summed E-state index contributed by atoms with van der Waals surface area (Å²) in [4.78, 5) is 0. The van der Waals surface area contributed by atoms with Crippen molar-refractivity contribution in [1.82, 2.24) is 0 Å². The lowest BCUT2D eigenvalue weighted by Gasteiger charge is -2.39. The molecule has 92 valence electrons. The molecule has 17 heavy (non-hydrogen) atoms. The lowest BCUT2D eigenvalue weighted by molar-refractivity contribution is -0.208. The van der Waals surface area contributed by atoms with E-state index < -0.39 is 5.79 Å². The first kappa shape index (κ1) is 10.9. The van der Waals surface area contributed by atoms with Crippen molar-refractivity contribution in [2.24, 2.45) is 0 Å². The molecule has 1 N–H and O–H groups in total. The summed E-state index contributed by atoms with van der Waals surface area (Å²) in [6.45, 7) is 3.44. The Hall–Kier alpha value is -1.26. The van der Waals surface area contributed by atoms with E-state index in [0.29, 0.717) is 13.2 Å². The second kappa shape index (κ2) is 4.20. The van der Waals surface area contributed by atoms with Crippen LogP contribution in [0.4, 0.5) is 5.69 Å².